The Morgan fingerprint density at radius 1 is 0.941 bits per heavy atom. The summed E-state index contributed by atoms with van der Waals surface area (Å²) in [6, 6.07) is 11.0. The van der Waals surface area contributed by atoms with Gasteiger partial charge in [0.05, 0.1) is 27.1 Å². The second kappa shape index (κ2) is 8.88. The molecule has 2 aliphatic rings. The first-order valence-corrected chi connectivity index (χ1v) is 14.8. The Morgan fingerprint density at radius 2 is 1.62 bits per heavy atom. The molecule has 2 aromatic rings. The SMILES string of the molecule is CC(C)S(=O)(=O)Nc1ccc(C(=O)Nc2cccc(S(C)(=O)=O)c2)c(N2CCC3(CC2)CC3)c1. The number of hydrogen-bond acceptors (Lipinski definition) is 6. The van der Waals surface area contributed by atoms with Crippen molar-refractivity contribution in [2.45, 2.75) is 49.7 Å². The molecule has 1 spiro atoms. The maximum absolute atomic E-state index is 13.3. The molecule has 2 fully saturated rings. The van der Waals surface area contributed by atoms with Gasteiger partial charge in [-0.2, -0.15) is 0 Å². The lowest BCUT2D eigenvalue weighted by atomic mass is 9.93. The molecule has 0 bridgehead atoms. The molecule has 8 nitrogen and oxygen atoms in total. The van der Waals surface area contributed by atoms with Gasteiger partial charge in [-0.05, 0) is 81.3 Å². The zero-order chi connectivity index (χ0) is 24.7. The molecule has 1 amide bonds. The van der Waals surface area contributed by atoms with Crippen molar-refractivity contribution in [1.82, 2.24) is 0 Å². The average molecular weight is 506 g/mol. The van der Waals surface area contributed by atoms with Gasteiger partial charge in [0.2, 0.25) is 10.0 Å². The number of carbonyl (C=O) groups is 1. The normalized spacial score (nSPS) is 17.6. The zero-order valence-corrected chi connectivity index (χ0v) is 21.3. The van der Waals surface area contributed by atoms with Crippen molar-refractivity contribution in [3.05, 3.63) is 48.0 Å². The number of nitrogens with zero attached hydrogens (tertiary/aromatic N) is 1. The number of nitrogens with one attached hydrogen (secondary N) is 2. The van der Waals surface area contributed by atoms with E-state index in [0.717, 1.165) is 32.2 Å². The maximum atomic E-state index is 13.3. The fourth-order valence-electron chi connectivity index (χ4n) is 4.23. The van der Waals surface area contributed by atoms with Crippen molar-refractivity contribution in [3.8, 4) is 0 Å². The number of rotatable bonds is 7. The van der Waals surface area contributed by atoms with Crippen molar-refractivity contribution >= 4 is 42.8 Å². The van der Waals surface area contributed by atoms with E-state index in [-0.39, 0.29) is 10.8 Å². The van der Waals surface area contributed by atoms with Gasteiger partial charge in [-0.1, -0.05) is 6.07 Å². The lowest BCUT2D eigenvalue weighted by molar-refractivity contribution is 0.102. The number of sulfone groups is 1. The minimum Gasteiger partial charge on any atom is -0.371 e. The van der Waals surface area contributed by atoms with Gasteiger partial charge in [-0.3, -0.25) is 9.52 Å². The number of sulfonamides is 1. The third kappa shape index (κ3) is 5.38. The van der Waals surface area contributed by atoms with Gasteiger partial charge >= 0.3 is 0 Å². The Balaban J connectivity index is 1.64. The van der Waals surface area contributed by atoms with Crippen LogP contribution in [0.15, 0.2) is 47.4 Å². The first-order chi connectivity index (χ1) is 15.9. The summed E-state index contributed by atoms with van der Waals surface area (Å²) in [6.07, 6.45) is 5.71. The Hall–Kier alpha value is -2.59. The minimum atomic E-state index is -3.53. The Labute approximate surface area is 201 Å². The number of hydrogen-bond donors (Lipinski definition) is 2. The number of carbonyl (C=O) groups excluding carboxylic acids is 1. The molecule has 34 heavy (non-hydrogen) atoms. The van der Waals surface area contributed by atoms with Gasteiger partial charge in [-0.15, -0.1) is 0 Å². The van der Waals surface area contributed by atoms with Crippen LogP contribution in [0.2, 0.25) is 0 Å². The van der Waals surface area contributed by atoms with Crippen LogP contribution in [0, 0.1) is 5.41 Å². The highest BCUT2D eigenvalue weighted by Gasteiger charge is 2.44. The van der Waals surface area contributed by atoms with Crippen molar-refractivity contribution in [1.29, 1.82) is 0 Å². The van der Waals surface area contributed by atoms with Crippen LogP contribution in [0.5, 0.6) is 0 Å². The van der Waals surface area contributed by atoms with Crippen molar-refractivity contribution in [2.75, 3.05) is 34.3 Å². The second-order valence-corrected chi connectivity index (χ2v) is 13.9. The molecular weight excluding hydrogens is 474 g/mol. The lowest BCUT2D eigenvalue weighted by Crippen LogP contribution is -2.35. The van der Waals surface area contributed by atoms with Crippen LogP contribution < -0.4 is 14.9 Å². The predicted molar refractivity (Wildman–Crippen MR) is 135 cm³/mol. The molecule has 0 radical (unpaired) electrons. The molecular formula is C24H31N3O5S2. The summed E-state index contributed by atoms with van der Waals surface area (Å²) in [4.78, 5) is 15.5. The van der Waals surface area contributed by atoms with Crippen LogP contribution in [0.25, 0.3) is 0 Å². The zero-order valence-electron chi connectivity index (χ0n) is 19.7. The fourth-order valence-corrected chi connectivity index (χ4v) is 5.59. The standard InChI is InChI=1S/C24H31N3O5S2/c1-17(2)34(31,32)26-19-7-8-21(22(16-19)27-13-11-24(9-10-24)12-14-27)23(28)25-18-5-4-6-20(15-18)33(3,29)30/h4-8,15-17,26H,9-14H2,1-3H3,(H,25,28). The average Bonchev–Trinajstić information content (AvgIpc) is 3.52. The van der Waals surface area contributed by atoms with Crippen LogP contribution >= 0.6 is 0 Å². The van der Waals surface area contributed by atoms with Crippen molar-refractivity contribution in [2.24, 2.45) is 5.41 Å². The van der Waals surface area contributed by atoms with Gasteiger partial charge in [0.1, 0.15) is 0 Å². The molecule has 1 aliphatic carbocycles. The van der Waals surface area contributed by atoms with Gasteiger partial charge < -0.3 is 10.2 Å². The van der Waals surface area contributed by atoms with E-state index in [0.29, 0.717) is 28.0 Å². The predicted octanol–water partition coefficient (Wildman–Crippen LogP) is 3.87. The molecule has 1 saturated carbocycles. The van der Waals surface area contributed by atoms with E-state index in [1.807, 2.05) is 0 Å². The van der Waals surface area contributed by atoms with Crippen LogP contribution in [0.4, 0.5) is 17.1 Å². The van der Waals surface area contributed by atoms with Crippen LogP contribution in [0.1, 0.15) is 49.9 Å². The van der Waals surface area contributed by atoms with Crippen molar-refractivity contribution < 1.29 is 21.6 Å². The van der Waals surface area contributed by atoms with Gasteiger partial charge in [0, 0.05) is 25.0 Å². The highest BCUT2D eigenvalue weighted by molar-refractivity contribution is 7.93. The topological polar surface area (TPSA) is 113 Å². The third-order valence-corrected chi connectivity index (χ3v) is 9.64. The minimum absolute atomic E-state index is 0.120. The lowest BCUT2D eigenvalue weighted by Gasteiger charge is -2.35. The maximum Gasteiger partial charge on any atom is 0.257 e. The molecule has 1 aliphatic heterocycles. The molecule has 1 saturated heterocycles. The van der Waals surface area contributed by atoms with E-state index in [9.17, 15) is 21.6 Å². The second-order valence-electron chi connectivity index (χ2n) is 9.67. The Morgan fingerprint density at radius 3 is 2.21 bits per heavy atom. The molecule has 0 unspecified atom stereocenters. The summed E-state index contributed by atoms with van der Waals surface area (Å²) in [7, 11) is -6.94. The summed E-state index contributed by atoms with van der Waals surface area (Å²) < 4.78 is 51.2. The summed E-state index contributed by atoms with van der Waals surface area (Å²) in [5.74, 6) is -0.384. The van der Waals surface area contributed by atoms with Crippen LogP contribution in [-0.4, -0.2) is 47.3 Å². The van der Waals surface area contributed by atoms with Crippen LogP contribution in [0.3, 0.4) is 0 Å². The molecule has 184 valence electrons. The van der Waals surface area contributed by atoms with Gasteiger partial charge in [-0.25, -0.2) is 16.8 Å². The molecule has 2 aromatic carbocycles. The van der Waals surface area contributed by atoms with E-state index in [1.165, 1.54) is 25.0 Å². The third-order valence-electron chi connectivity index (χ3n) is 6.77. The molecule has 10 heteroatoms. The quantitative estimate of drug-likeness (QED) is 0.591. The molecule has 1 heterocycles. The summed E-state index contributed by atoms with van der Waals surface area (Å²) in [5, 5.41) is 2.20. The first kappa shape index (κ1) is 24.5. The van der Waals surface area contributed by atoms with E-state index < -0.39 is 25.1 Å². The smallest absolute Gasteiger partial charge is 0.257 e. The Bertz CT molecular complexity index is 1310. The van der Waals surface area contributed by atoms with E-state index >= 15 is 0 Å². The van der Waals surface area contributed by atoms with Gasteiger partial charge in [0.15, 0.2) is 9.84 Å². The highest BCUT2D eigenvalue weighted by Crippen LogP contribution is 2.54. The summed E-state index contributed by atoms with van der Waals surface area (Å²) >= 11 is 0. The molecule has 4 rings (SSSR count). The fraction of sp³-hybridized carbons (Fsp3) is 0.458. The van der Waals surface area contributed by atoms with E-state index in [2.05, 4.69) is 14.9 Å². The number of benzene rings is 2. The largest absolute Gasteiger partial charge is 0.371 e. The van der Waals surface area contributed by atoms with E-state index in [1.54, 1.807) is 44.2 Å². The van der Waals surface area contributed by atoms with Crippen molar-refractivity contribution in [3.63, 3.8) is 0 Å². The summed E-state index contributed by atoms with van der Waals surface area (Å²) in [5.41, 5.74) is 2.30. The monoisotopic (exact) mass is 505 g/mol. The Kier molecular flexibility index (Phi) is 6.41. The number of amides is 1. The first-order valence-electron chi connectivity index (χ1n) is 11.4. The van der Waals surface area contributed by atoms with E-state index in [4.69, 9.17) is 0 Å². The molecule has 0 aromatic heterocycles. The van der Waals surface area contributed by atoms with Crippen LogP contribution in [-0.2, 0) is 19.9 Å². The highest BCUT2D eigenvalue weighted by atomic mass is 32.2. The number of piperidine rings is 1. The number of anilines is 3. The summed E-state index contributed by atoms with van der Waals surface area (Å²) in [6.45, 7) is 4.80. The van der Waals surface area contributed by atoms with Gasteiger partial charge in [0.25, 0.3) is 5.91 Å². The molecule has 0 atom stereocenters. The molecule has 2 N–H and O–H groups in total.